The maximum absolute atomic E-state index is 5.17. The van der Waals surface area contributed by atoms with Gasteiger partial charge in [-0.3, -0.25) is 0 Å². The fourth-order valence-electron chi connectivity index (χ4n) is 2.22. The predicted octanol–water partition coefficient (Wildman–Crippen LogP) is 3.42. The van der Waals surface area contributed by atoms with Crippen molar-refractivity contribution in [2.45, 2.75) is 25.9 Å². The molecular weight excluding hydrogens is 262 g/mol. The van der Waals surface area contributed by atoms with E-state index in [1.165, 1.54) is 11.1 Å². The first kappa shape index (κ1) is 15.4. The third kappa shape index (κ3) is 4.80. The van der Waals surface area contributed by atoms with Crippen LogP contribution in [0.15, 0.2) is 48.5 Å². The van der Waals surface area contributed by atoms with Crippen molar-refractivity contribution in [1.82, 2.24) is 5.32 Å². The zero-order valence-corrected chi connectivity index (χ0v) is 12.9. The Morgan fingerprint density at radius 1 is 0.810 bits per heavy atom. The highest BCUT2D eigenvalue weighted by Crippen LogP contribution is 2.14. The number of ether oxygens (including phenoxy) is 2. The monoisotopic (exact) mass is 285 g/mol. The van der Waals surface area contributed by atoms with E-state index in [0.29, 0.717) is 6.04 Å². The van der Waals surface area contributed by atoms with E-state index >= 15 is 0 Å². The summed E-state index contributed by atoms with van der Waals surface area (Å²) in [5, 5.41) is 3.54. The number of hydrogen-bond acceptors (Lipinski definition) is 3. The van der Waals surface area contributed by atoms with Crippen molar-refractivity contribution < 1.29 is 9.47 Å². The van der Waals surface area contributed by atoms with E-state index in [4.69, 9.17) is 9.47 Å². The molecule has 0 radical (unpaired) electrons. The number of benzene rings is 2. The summed E-state index contributed by atoms with van der Waals surface area (Å²) in [5.41, 5.74) is 2.57. The molecule has 0 unspecified atom stereocenters. The van der Waals surface area contributed by atoms with Gasteiger partial charge in [0.1, 0.15) is 11.5 Å². The van der Waals surface area contributed by atoms with Crippen LogP contribution in [0, 0.1) is 0 Å². The summed E-state index contributed by atoms with van der Waals surface area (Å²) >= 11 is 0. The van der Waals surface area contributed by atoms with E-state index < -0.39 is 0 Å². The average Bonchev–Trinajstić information content (AvgIpc) is 2.54. The van der Waals surface area contributed by atoms with Gasteiger partial charge in [0.05, 0.1) is 14.2 Å². The van der Waals surface area contributed by atoms with Crippen LogP contribution >= 0.6 is 0 Å². The van der Waals surface area contributed by atoms with Crippen LogP contribution in [0.25, 0.3) is 0 Å². The molecule has 2 aromatic rings. The van der Waals surface area contributed by atoms with Crippen molar-refractivity contribution in [2.24, 2.45) is 0 Å². The van der Waals surface area contributed by atoms with E-state index in [1.54, 1.807) is 14.2 Å². The molecule has 3 nitrogen and oxygen atoms in total. The Morgan fingerprint density at radius 3 is 1.76 bits per heavy atom. The average molecular weight is 285 g/mol. The first-order valence-electron chi connectivity index (χ1n) is 7.20. The largest absolute Gasteiger partial charge is 0.497 e. The molecule has 0 saturated heterocycles. The number of nitrogens with one attached hydrogen (secondary N) is 1. The molecule has 0 aromatic heterocycles. The van der Waals surface area contributed by atoms with Crippen LogP contribution in [0.5, 0.6) is 11.5 Å². The lowest BCUT2D eigenvalue weighted by Gasteiger charge is -2.14. The minimum Gasteiger partial charge on any atom is -0.497 e. The van der Waals surface area contributed by atoms with Crippen molar-refractivity contribution >= 4 is 0 Å². The fraction of sp³-hybridized carbons (Fsp3) is 0.333. The molecule has 3 heteroatoms. The van der Waals surface area contributed by atoms with Gasteiger partial charge in [-0.25, -0.2) is 0 Å². The third-order valence-electron chi connectivity index (χ3n) is 3.51. The molecule has 0 amide bonds. The molecule has 0 bridgehead atoms. The Kier molecular flexibility index (Phi) is 5.64. The normalized spacial score (nSPS) is 12.0. The summed E-state index contributed by atoms with van der Waals surface area (Å²) < 4.78 is 10.3. The predicted molar refractivity (Wildman–Crippen MR) is 86.0 cm³/mol. The molecule has 0 spiro atoms. The zero-order valence-electron chi connectivity index (χ0n) is 12.9. The molecule has 2 aromatic carbocycles. The summed E-state index contributed by atoms with van der Waals surface area (Å²) in [6, 6.07) is 16.8. The highest BCUT2D eigenvalue weighted by Gasteiger charge is 2.04. The minimum atomic E-state index is 0.417. The summed E-state index contributed by atoms with van der Waals surface area (Å²) in [7, 11) is 3.37. The molecule has 1 N–H and O–H groups in total. The Bertz CT molecular complexity index is 534. The molecule has 0 saturated carbocycles. The van der Waals surface area contributed by atoms with E-state index in [0.717, 1.165) is 24.5 Å². The van der Waals surface area contributed by atoms with E-state index in [9.17, 15) is 0 Å². The van der Waals surface area contributed by atoms with Gasteiger partial charge < -0.3 is 14.8 Å². The molecule has 2 rings (SSSR count). The summed E-state index contributed by atoms with van der Waals surface area (Å²) in [5.74, 6) is 1.79. The lowest BCUT2D eigenvalue weighted by atomic mass is 10.1. The maximum Gasteiger partial charge on any atom is 0.118 e. The zero-order chi connectivity index (χ0) is 15.1. The quantitative estimate of drug-likeness (QED) is 0.845. The van der Waals surface area contributed by atoms with Gasteiger partial charge in [-0.1, -0.05) is 24.3 Å². The summed E-state index contributed by atoms with van der Waals surface area (Å²) in [6.07, 6.45) is 1.00. The van der Waals surface area contributed by atoms with Crippen molar-refractivity contribution in [1.29, 1.82) is 0 Å². The van der Waals surface area contributed by atoms with Gasteiger partial charge in [-0.05, 0) is 48.7 Å². The van der Waals surface area contributed by atoms with Gasteiger partial charge in [0.15, 0.2) is 0 Å². The minimum absolute atomic E-state index is 0.417. The molecule has 1 atom stereocenters. The van der Waals surface area contributed by atoms with E-state index in [-0.39, 0.29) is 0 Å². The smallest absolute Gasteiger partial charge is 0.118 e. The Labute approximate surface area is 126 Å². The van der Waals surface area contributed by atoms with Gasteiger partial charge in [0, 0.05) is 12.6 Å². The Morgan fingerprint density at radius 2 is 1.29 bits per heavy atom. The molecule has 0 heterocycles. The second-order valence-electron chi connectivity index (χ2n) is 5.18. The van der Waals surface area contributed by atoms with Crippen molar-refractivity contribution in [3.05, 3.63) is 59.7 Å². The Balaban J connectivity index is 1.81. The van der Waals surface area contributed by atoms with Crippen molar-refractivity contribution in [3.63, 3.8) is 0 Å². The molecule has 0 aliphatic rings. The molecule has 0 fully saturated rings. The van der Waals surface area contributed by atoms with E-state index in [1.807, 2.05) is 24.3 Å². The van der Waals surface area contributed by atoms with Crippen LogP contribution in [-0.4, -0.2) is 20.3 Å². The molecule has 0 aliphatic heterocycles. The van der Waals surface area contributed by atoms with Crippen LogP contribution < -0.4 is 14.8 Å². The lowest BCUT2D eigenvalue weighted by molar-refractivity contribution is 0.414. The van der Waals surface area contributed by atoms with Crippen LogP contribution in [0.3, 0.4) is 0 Å². The van der Waals surface area contributed by atoms with Gasteiger partial charge in [0.2, 0.25) is 0 Å². The first-order valence-corrected chi connectivity index (χ1v) is 7.20. The topological polar surface area (TPSA) is 30.5 Å². The van der Waals surface area contributed by atoms with Crippen molar-refractivity contribution in [3.8, 4) is 11.5 Å². The molecule has 112 valence electrons. The number of methoxy groups -OCH3 is 2. The third-order valence-corrected chi connectivity index (χ3v) is 3.51. The lowest BCUT2D eigenvalue weighted by Crippen LogP contribution is -2.27. The highest BCUT2D eigenvalue weighted by molar-refractivity contribution is 5.28. The highest BCUT2D eigenvalue weighted by atomic mass is 16.5. The van der Waals surface area contributed by atoms with Crippen molar-refractivity contribution in [2.75, 3.05) is 14.2 Å². The number of rotatable bonds is 7. The van der Waals surface area contributed by atoms with Gasteiger partial charge in [0.25, 0.3) is 0 Å². The van der Waals surface area contributed by atoms with Crippen LogP contribution in [-0.2, 0) is 13.0 Å². The van der Waals surface area contributed by atoms with Crippen LogP contribution in [0.4, 0.5) is 0 Å². The van der Waals surface area contributed by atoms with Gasteiger partial charge in [-0.15, -0.1) is 0 Å². The second-order valence-corrected chi connectivity index (χ2v) is 5.18. The van der Waals surface area contributed by atoms with Crippen LogP contribution in [0.1, 0.15) is 18.1 Å². The molecular formula is C18H23NO2. The standard InChI is InChI=1S/C18H23NO2/c1-14(12-15-4-8-17(20-2)9-5-15)19-13-16-6-10-18(21-3)11-7-16/h4-11,14,19H,12-13H2,1-3H3/t14-/m1/s1. The molecule has 0 aliphatic carbocycles. The summed E-state index contributed by atoms with van der Waals surface area (Å²) in [6.45, 7) is 3.06. The Hall–Kier alpha value is -2.00. The SMILES string of the molecule is COc1ccc(CN[C@H](C)Cc2ccc(OC)cc2)cc1. The first-order chi connectivity index (χ1) is 10.2. The fourth-order valence-corrected chi connectivity index (χ4v) is 2.22. The second kappa shape index (κ2) is 7.70. The van der Waals surface area contributed by atoms with Crippen LogP contribution in [0.2, 0.25) is 0 Å². The summed E-state index contributed by atoms with van der Waals surface area (Å²) in [4.78, 5) is 0. The number of hydrogen-bond donors (Lipinski definition) is 1. The maximum atomic E-state index is 5.17. The molecule has 21 heavy (non-hydrogen) atoms. The van der Waals surface area contributed by atoms with Gasteiger partial charge >= 0.3 is 0 Å². The van der Waals surface area contributed by atoms with E-state index in [2.05, 4.69) is 36.5 Å². The van der Waals surface area contributed by atoms with Gasteiger partial charge in [-0.2, -0.15) is 0 Å².